The van der Waals surface area contributed by atoms with Gasteiger partial charge < -0.3 is 10.4 Å². The number of nitrogens with one attached hydrogen (secondary N) is 1. The van der Waals surface area contributed by atoms with Crippen molar-refractivity contribution in [2.45, 2.75) is 25.0 Å². The van der Waals surface area contributed by atoms with E-state index in [1.807, 2.05) is 30.3 Å². The van der Waals surface area contributed by atoms with Crippen LogP contribution in [0.1, 0.15) is 24.5 Å². The van der Waals surface area contributed by atoms with Crippen LogP contribution >= 0.6 is 0 Å². The summed E-state index contributed by atoms with van der Waals surface area (Å²) < 4.78 is 0. The highest BCUT2D eigenvalue weighted by Crippen LogP contribution is 2.20. The van der Waals surface area contributed by atoms with Crippen molar-refractivity contribution in [3.63, 3.8) is 0 Å². The van der Waals surface area contributed by atoms with E-state index in [0.29, 0.717) is 12.6 Å². The molecule has 1 saturated carbocycles. The molecule has 1 aliphatic rings. The lowest BCUT2D eigenvalue weighted by atomic mass is 10.1. The third kappa shape index (κ3) is 2.54. The van der Waals surface area contributed by atoms with Gasteiger partial charge >= 0.3 is 0 Å². The van der Waals surface area contributed by atoms with E-state index in [0.717, 1.165) is 5.56 Å². The van der Waals surface area contributed by atoms with Crippen molar-refractivity contribution in [1.82, 2.24) is 5.32 Å². The van der Waals surface area contributed by atoms with Crippen LogP contribution in [0.4, 0.5) is 0 Å². The molecule has 13 heavy (non-hydrogen) atoms. The van der Waals surface area contributed by atoms with Crippen molar-refractivity contribution in [3.05, 3.63) is 35.9 Å². The van der Waals surface area contributed by atoms with E-state index in [-0.39, 0.29) is 6.10 Å². The Bertz CT molecular complexity index is 256. The first kappa shape index (κ1) is 8.73. The number of aliphatic hydroxyl groups is 1. The Morgan fingerprint density at radius 1 is 1.31 bits per heavy atom. The smallest absolute Gasteiger partial charge is 0.0914 e. The van der Waals surface area contributed by atoms with Crippen LogP contribution in [0.5, 0.6) is 0 Å². The van der Waals surface area contributed by atoms with Gasteiger partial charge in [-0.15, -0.1) is 0 Å². The standard InChI is InChI=1S/C11H15NO/c13-11(8-12-10-6-7-10)9-4-2-1-3-5-9/h1-5,10-13H,6-8H2. The zero-order valence-electron chi connectivity index (χ0n) is 7.61. The molecule has 1 atom stereocenters. The summed E-state index contributed by atoms with van der Waals surface area (Å²) in [6.45, 7) is 0.675. The average molecular weight is 177 g/mol. The predicted molar refractivity (Wildman–Crippen MR) is 52.4 cm³/mol. The van der Waals surface area contributed by atoms with Crippen molar-refractivity contribution in [1.29, 1.82) is 0 Å². The molecule has 1 aromatic carbocycles. The van der Waals surface area contributed by atoms with Crippen LogP contribution in [-0.4, -0.2) is 17.7 Å². The number of rotatable bonds is 4. The summed E-state index contributed by atoms with van der Waals surface area (Å²) in [6.07, 6.45) is 2.17. The van der Waals surface area contributed by atoms with Crippen molar-refractivity contribution >= 4 is 0 Å². The normalized spacial score (nSPS) is 18.5. The van der Waals surface area contributed by atoms with Gasteiger partial charge in [-0.2, -0.15) is 0 Å². The number of benzene rings is 1. The minimum Gasteiger partial charge on any atom is -0.387 e. The maximum atomic E-state index is 9.73. The van der Waals surface area contributed by atoms with Crippen LogP contribution in [0.25, 0.3) is 0 Å². The first-order valence-electron chi connectivity index (χ1n) is 4.82. The lowest BCUT2D eigenvalue weighted by Gasteiger charge is -2.11. The Morgan fingerprint density at radius 3 is 2.62 bits per heavy atom. The van der Waals surface area contributed by atoms with E-state index >= 15 is 0 Å². The fraction of sp³-hybridized carbons (Fsp3) is 0.455. The lowest BCUT2D eigenvalue weighted by molar-refractivity contribution is 0.174. The molecule has 2 N–H and O–H groups in total. The van der Waals surface area contributed by atoms with Gasteiger partial charge in [0.2, 0.25) is 0 Å². The highest BCUT2D eigenvalue weighted by Gasteiger charge is 2.21. The Hall–Kier alpha value is -0.860. The summed E-state index contributed by atoms with van der Waals surface area (Å²) in [4.78, 5) is 0. The number of hydrogen-bond acceptors (Lipinski definition) is 2. The average Bonchev–Trinajstić information content (AvgIpc) is 2.99. The quantitative estimate of drug-likeness (QED) is 0.730. The molecule has 1 fully saturated rings. The first-order chi connectivity index (χ1) is 6.36. The third-order valence-electron chi connectivity index (χ3n) is 2.36. The Labute approximate surface area is 78.6 Å². The number of aliphatic hydroxyl groups excluding tert-OH is 1. The van der Waals surface area contributed by atoms with Gasteiger partial charge in [-0.05, 0) is 18.4 Å². The molecule has 1 aliphatic carbocycles. The molecule has 2 rings (SSSR count). The maximum absolute atomic E-state index is 9.73. The van der Waals surface area contributed by atoms with Crippen LogP contribution in [0.2, 0.25) is 0 Å². The molecule has 0 radical (unpaired) electrons. The molecule has 0 aliphatic heterocycles. The Kier molecular flexibility index (Phi) is 2.62. The summed E-state index contributed by atoms with van der Waals surface area (Å²) in [7, 11) is 0. The van der Waals surface area contributed by atoms with E-state index in [1.165, 1.54) is 12.8 Å². The highest BCUT2D eigenvalue weighted by molar-refractivity contribution is 5.17. The van der Waals surface area contributed by atoms with E-state index in [1.54, 1.807) is 0 Å². The van der Waals surface area contributed by atoms with Gasteiger partial charge in [0.15, 0.2) is 0 Å². The lowest BCUT2D eigenvalue weighted by Crippen LogP contribution is -2.23. The molecule has 0 bridgehead atoms. The van der Waals surface area contributed by atoms with Crippen LogP contribution in [0.15, 0.2) is 30.3 Å². The minimum absolute atomic E-state index is 0.359. The van der Waals surface area contributed by atoms with Gasteiger partial charge in [0.1, 0.15) is 0 Å². The van der Waals surface area contributed by atoms with Crippen LogP contribution in [-0.2, 0) is 0 Å². The predicted octanol–water partition coefficient (Wildman–Crippen LogP) is 1.47. The Balaban J connectivity index is 1.85. The largest absolute Gasteiger partial charge is 0.387 e. The maximum Gasteiger partial charge on any atom is 0.0914 e. The molecule has 0 saturated heterocycles. The van der Waals surface area contributed by atoms with Gasteiger partial charge in [-0.25, -0.2) is 0 Å². The molecular formula is C11H15NO. The summed E-state index contributed by atoms with van der Waals surface area (Å²) in [5.41, 5.74) is 0.996. The van der Waals surface area contributed by atoms with Gasteiger partial charge in [0, 0.05) is 12.6 Å². The van der Waals surface area contributed by atoms with Crippen molar-refractivity contribution in [2.24, 2.45) is 0 Å². The fourth-order valence-electron chi connectivity index (χ4n) is 1.36. The molecule has 0 amide bonds. The number of hydrogen-bond donors (Lipinski definition) is 2. The third-order valence-corrected chi connectivity index (χ3v) is 2.36. The minimum atomic E-state index is -0.359. The summed E-state index contributed by atoms with van der Waals surface area (Å²) in [5, 5.41) is 13.0. The zero-order chi connectivity index (χ0) is 9.10. The van der Waals surface area contributed by atoms with Gasteiger partial charge in [-0.3, -0.25) is 0 Å². The molecule has 70 valence electrons. The van der Waals surface area contributed by atoms with Crippen molar-refractivity contribution < 1.29 is 5.11 Å². The second-order valence-electron chi connectivity index (χ2n) is 3.61. The zero-order valence-corrected chi connectivity index (χ0v) is 7.61. The van der Waals surface area contributed by atoms with E-state index in [9.17, 15) is 5.11 Å². The van der Waals surface area contributed by atoms with E-state index in [4.69, 9.17) is 0 Å². The molecule has 0 spiro atoms. The van der Waals surface area contributed by atoms with Gasteiger partial charge in [0.25, 0.3) is 0 Å². The second kappa shape index (κ2) is 3.90. The van der Waals surface area contributed by atoms with E-state index < -0.39 is 0 Å². The molecule has 0 heterocycles. The first-order valence-corrected chi connectivity index (χ1v) is 4.82. The van der Waals surface area contributed by atoms with Crippen molar-refractivity contribution in [3.8, 4) is 0 Å². The van der Waals surface area contributed by atoms with Crippen LogP contribution < -0.4 is 5.32 Å². The molecule has 2 nitrogen and oxygen atoms in total. The van der Waals surface area contributed by atoms with Crippen LogP contribution in [0.3, 0.4) is 0 Å². The summed E-state index contributed by atoms with van der Waals surface area (Å²) in [6, 6.07) is 10.5. The molecular weight excluding hydrogens is 162 g/mol. The topological polar surface area (TPSA) is 32.3 Å². The molecule has 2 heteroatoms. The molecule has 1 aromatic rings. The van der Waals surface area contributed by atoms with Gasteiger partial charge in [0.05, 0.1) is 6.10 Å². The molecule has 1 unspecified atom stereocenters. The fourth-order valence-corrected chi connectivity index (χ4v) is 1.36. The summed E-state index contributed by atoms with van der Waals surface area (Å²) in [5.74, 6) is 0. The van der Waals surface area contributed by atoms with E-state index in [2.05, 4.69) is 5.32 Å². The van der Waals surface area contributed by atoms with Gasteiger partial charge in [-0.1, -0.05) is 30.3 Å². The Morgan fingerprint density at radius 2 is 2.00 bits per heavy atom. The van der Waals surface area contributed by atoms with Crippen molar-refractivity contribution in [2.75, 3.05) is 6.54 Å². The highest BCUT2D eigenvalue weighted by atomic mass is 16.3. The van der Waals surface area contributed by atoms with Crippen LogP contribution in [0, 0.1) is 0 Å². The molecule has 0 aromatic heterocycles. The second-order valence-corrected chi connectivity index (χ2v) is 3.61. The monoisotopic (exact) mass is 177 g/mol. The SMILES string of the molecule is OC(CNC1CC1)c1ccccc1. The summed E-state index contributed by atoms with van der Waals surface area (Å²) >= 11 is 0.